The van der Waals surface area contributed by atoms with Crippen molar-refractivity contribution >= 4 is 33.7 Å². The average molecular weight is 410 g/mol. The topological polar surface area (TPSA) is 103 Å². The summed E-state index contributed by atoms with van der Waals surface area (Å²) in [5.41, 5.74) is 2.49. The Morgan fingerprint density at radius 2 is 1.53 bits per heavy atom. The molecule has 0 aliphatic carbocycles. The van der Waals surface area contributed by atoms with Crippen molar-refractivity contribution in [3.05, 3.63) is 59.9 Å². The van der Waals surface area contributed by atoms with Gasteiger partial charge >= 0.3 is 11.9 Å². The quantitative estimate of drug-likeness (QED) is 0.496. The number of aryl methyl sites for hydroxylation is 1. The van der Waals surface area contributed by atoms with E-state index in [9.17, 15) is 9.59 Å². The molecule has 8 heteroatoms. The van der Waals surface area contributed by atoms with Gasteiger partial charge in [0.25, 0.3) is 0 Å². The number of carboxylic acids is 1. The van der Waals surface area contributed by atoms with Crippen LogP contribution in [0.2, 0.25) is 0 Å². The molecule has 0 fully saturated rings. The van der Waals surface area contributed by atoms with Gasteiger partial charge in [-0.3, -0.25) is 0 Å². The third-order valence-corrected chi connectivity index (χ3v) is 4.70. The van der Waals surface area contributed by atoms with Crippen molar-refractivity contribution in [3.63, 3.8) is 0 Å². The monoisotopic (exact) mass is 410 g/mol. The van der Waals surface area contributed by atoms with Crippen LogP contribution in [-0.4, -0.2) is 47.9 Å². The van der Waals surface area contributed by atoms with E-state index in [0.29, 0.717) is 11.4 Å². The molecule has 0 spiro atoms. The fourth-order valence-corrected chi connectivity index (χ4v) is 3.11. The summed E-state index contributed by atoms with van der Waals surface area (Å²) >= 11 is 0. The first-order valence-electron chi connectivity index (χ1n) is 8.99. The SMILES string of the molecule is COC(=O)c1cc2cc(OC)ccc2n1C.COc1ccc2[nH]c(C(=O)O)cc2c1. The molecule has 30 heavy (non-hydrogen) atoms. The summed E-state index contributed by atoms with van der Waals surface area (Å²) in [6.07, 6.45) is 0. The second kappa shape index (κ2) is 8.60. The molecule has 0 saturated carbocycles. The number of nitrogens with zero attached hydrogens (tertiary/aromatic N) is 1. The smallest absolute Gasteiger partial charge is 0.354 e. The van der Waals surface area contributed by atoms with E-state index in [2.05, 4.69) is 4.98 Å². The van der Waals surface area contributed by atoms with Gasteiger partial charge in [-0.1, -0.05) is 0 Å². The number of fused-ring (bicyclic) bond motifs is 2. The zero-order valence-electron chi connectivity index (χ0n) is 17.1. The number of esters is 1. The predicted molar refractivity (Wildman–Crippen MR) is 113 cm³/mol. The predicted octanol–water partition coefficient (Wildman–Crippen LogP) is 3.85. The molecule has 0 bridgehead atoms. The Morgan fingerprint density at radius 1 is 0.900 bits per heavy atom. The van der Waals surface area contributed by atoms with Gasteiger partial charge < -0.3 is 28.9 Å². The van der Waals surface area contributed by atoms with Crippen molar-refractivity contribution in [2.45, 2.75) is 0 Å². The molecule has 8 nitrogen and oxygen atoms in total. The van der Waals surface area contributed by atoms with E-state index >= 15 is 0 Å². The van der Waals surface area contributed by atoms with Crippen LogP contribution >= 0.6 is 0 Å². The molecule has 0 radical (unpaired) electrons. The number of aromatic amines is 1. The molecule has 2 N–H and O–H groups in total. The number of ether oxygens (including phenoxy) is 3. The number of H-pyrrole nitrogens is 1. The summed E-state index contributed by atoms with van der Waals surface area (Å²) in [7, 11) is 6.40. The minimum atomic E-state index is -0.958. The van der Waals surface area contributed by atoms with Crippen molar-refractivity contribution in [3.8, 4) is 11.5 Å². The summed E-state index contributed by atoms with van der Waals surface area (Å²) in [6.45, 7) is 0. The fraction of sp³-hybridized carbons (Fsp3) is 0.182. The lowest BCUT2D eigenvalue weighted by Gasteiger charge is -2.02. The first kappa shape index (κ1) is 20.8. The first-order chi connectivity index (χ1) is 14.4. The van der Waals surface area contributed by atoms with Gasteiger partial charge in [0.15, 0.2) is 0 Å². The fourth-order valence-electron chi connectivity index (χ4n) is 3.11. The van der Waals surface area contributed by atoms with Crippen molar-refractivity contribution in [1.82, 2.24) is 9.55 Å². The van der Waals surface area contributed by atoms with Crippen LogP contribution in [0.25, 0.3) is 21.8 Å². The number of hydrogen-bond acceptors (Lipinski definition) is 5. The van der Waals surface area contributed by atoms with Gasteiger partial charge in [0, 0.05) is 28.9 Å². The maximum absolute atomic E-state index is 11.5. The molecule has 0 saturated heterocycles. The van der Waals surface area contributed by atoms with Gasteiger partial charge in [-0.25, -0.2) is 9.59 Å². The van der Waals surface area contributed by atoms with Crippen molar-refractivity contribution in [2.24, 2.45) is 7.05 Å². The molecule has 4 aromatic rings. The third kappa shape index (κ3) is 4.07. The van der Waals surface area contributed by atoms with Gasteiger partial charge in [-0.15, -0.1) is 0 Å². The lowest BCUT2D eigenvalue weighted by molar-refractivity contribution is 0.0589. The maximum Gasteiger partial charge on any atom is 0.354 e. The molecule has 0 aliphatic rings. The molecule has 2 aromatic heterocycles. The summed E-state index contributed by atoms with van der Waals surface area (Å²) < 4.78 is 16.7. The molecule has 4 rings (SSSR count). The normalized spacial score (nSPS) is 10.4. The van der Waals surface area contributed by atoms with Crippen LogP contribution < -0.4 is 9.47 Å². The summed E-state index contributed by atoms with van der Waals surface area (Å²) in [5.74, 6) is 0.195. The van der Waals surface area contributed by atoms with E-state index in [4.69, 9.17) is 19.3 Å². The Balaban J connectivity index is 0.000000172. The third-order valence-electron chi connectivity index (χ3n) is 4.70. The number of benzene rings is 2. The van der Waals surface area contributed by atoms with Gasteiger partial charge in [-0.05, 0) is 48.5 Å². The van der Waals surface area contributed by atoms with Crippen LogP contribution in [-0.2, 0) is 11.8 Å². The largest absolute Gasteiger partial charge is 0.497 e. The number of carbonyl (C=O) groups is 2. The number of rotatable bonds is 4. The summed E-state index contributed by atoms with van der Waals surface area (Å²) in [5, 5.41) is 10.5. The van der Waals surface area contributed by atoms with Crippen LogP contribution in [0.1, 0.15) is 21.0 Å². The average Bonchev–Trinajstić information content (AvgIpc) is 3.34. The highest BCUT2D eigenvalue weighted by atomic mass is 16.5. The summed E-state index contributed by atoms with van der Waals surface area (Å²) in [4.78, 5) is 24.9. The van der Waals surface area contributed by atoms with Crippen molar-refractivity contribution in [1.29, 1.82) is 0 Å². The minimum Gasteiger partial charge on any atom is -0.497 e. The van der Waals surface area contributed by atoms with Crippen LogP contribution in [0.3, 0.4) is 0 Å². The van der Waals surface area contributed by atoms with Crippen LogP contribution in [0.5, 0.6) is 11.5 Å². The van der Waals surface area contributed by atoms with Crippen LogP contribution in [0.4, 0.5) is 0 Å². The first-order valence-corrected chi connectivity index (χ1v) is 8.99. The van der Waals surface area contributed by atoms with E-state index < -0.39 is 5.97 Å². The number of nitrogens with one attached hydrogen (secondary N) is 1. The molecule has 2 aromatic carbocycles. The van der Waals surface area contributed by atoms with E-state index in [0.717, 1.165) is 27.6 Å². The molecule has 156 valence electrons. The van der Waals surface area contributed by atoms with Crippen LogP contribution in [0, 0.1) is 0 Å². The number of aromatic carboxylic acids is 1. The Labute approximate surface area is 172 Å². The number of carbonyl (C=O) groups excluding carboxylic acids is 1. The van der Waals surface area contributed by atoms with Gasteiger partial charge in [-0.2, -0.15) is 0 Å². The van der Waals surface area contributed by atoms with Gasteiger partial charge in [0.1, 0.15) is 22.9 Å². The van der Waals surface area contributed by atoms with Crippen molar-refractivity contribution in [2.75, 3.05) is 21.3 Å². The van der Waals surface area contributed by atoms with Gasteiger partial charge in [0.2, 0.25) is 0 Å². The van der Waals surface area contributed by atoms with E-state index in [-0.39, 0.29) is 11.7 Å². The lowest BCUT2D eigenvalue weighted by atomic mass is 10.2. The molecular weight excluding hydrogens is 388 g/mol. The second-order valence-electron chi connectivity index (χ2n) is 6.45. The molecule has 0 amide bonds. The van der Waals surface area contributed by atoms with E-state index in [1.165, 1.54) is 7.11 Å². The second-order valence-corrected chi connectivity index (χ2v) is 6.45. The molecule has 0 aliphatic heterocycles. The molecule has 0 atom stereocenters. The highest BCUT2D eigenvalue weighted by Gasteiger charge is 2.13. The Kier molecular flexibility index (Phi) is 5.96. The maximum atomic E-state index is 11.5. The van der Waals surface area contributed by atoms with Crippen molar-refractivity contribution < 1.29 is 28.9 Å². The highest BCUT2D eigenvalue weighted by molar-refractivity contribution is 5.96. The highest BCUT2D eigenvalue weighted by Crippen LogP contribution is 2.24. The Bertz CT molecular complexity index is 1220. The van der Waals surface area contributed by atoms with E-state index in [1.54, 1.807) is 49.1 Å². The molecule has 0 unspecified atom stereocenters. The number of carboxylic acid groups (broad SMARTS) is 1. The summed E-state index contributed by atoms with van der Waals surface area (Å²) in [6, 6.07) is 14.4. The minimum absolute atomic E-state index is 0.188. The Morgan fingerprint density at radius 3 is 2.13 bits per heavy atom. The lowest BCUT2D eigenvalue weighted by Crippen LogP contribution is -2.06. The Hall–Kier alpha value is -3.94. The number of methoxy groups -OCH3 is 3. The zero-order chi connectivity index (χ0) is 21.8. The van der Waals surface area contributed by atoms with Gasteiger partial charge in [0.05, 0.1) is 21.3 Å². The number of aromatic nitrogens is 2. The standard InChI is InChI=1S/C12H13NO3.C10H9NO3/c1-13-10-5-4-9(15-2)6-8(10)7-11(13)12(14)16-3;1-14-7-2-3-8-6(4-7)5-9(11-8)10(12)13/h4-7H,1-3H3;2-5,11H,1H3,(H,12,13). The zero-order valence-corrected chi connectivity index (χ0v) is 17.1. The van der Waals surface area contributed by atoms with Crippen LogP contribution in [0.15, 0.2) is 48.5 Å². The van der Waals surface area contributed by atoms with E-state index in [1.807, 2.05) is 25.2 Å². The number of hydrogen-bond donors (Lipinski definition) is 2. The molecule has 2 heterocycles. The molecular formula is C22H22N2O6.